The Balaban J connectivity index is 1.91. The molecule has 2 aromatic heterocycles. The molecule has 2 nitrogen and oxygen atoms in total. The number of phenols is 1. The van der Waals surface area contributed by atoms with Crippen LogP contribution in [0.25, 0.3) is 43.0 Å². The highest BCUT2D eigenvalue weighted by molar-refractivity contribution is 7.23. The summed E-state index contributed by atoms with van der Waals surface area (Å²) in [5, 5.41) is 11.1. The largest absolute Gasteiger partial charge is 0.507 e. The van der Waals surface area contributed by atoms with Crippen LogP contribution in [0.1, 0.15) is 9.68 Å². The Kier molecular flexibility index (Phi) is 3.61. The number of fused-ring (bicyclic) bond motifs is 1. The van der Waals surface area contributed by atoms with Crippen molar-refractivity contribution in [3.8, 4) is 38.7 Å². The molecule has 0 atom stereocenters. The average molecular weight is 397 g/mol. The van der Waals surface area contributed by atoms with Crippen LogP contribution in [0.4, 0.5) is 0 Å². The minimum Gasteiger partial charge on any atom is -0.507 e. The maximum Gasteiger partial charge on any atom is 0.124 e. The van der Waals surface area contributed by atoms with E-state index < -0.39 is 6.85 Å². The predicted molar refractivity (Wildman–Crippen MR) is 122 cm³/mol. The summed E-state index contributed by atoms with van der Waals surface area (Å²) in [5.41, 5.74) is 3.89. The number of hydrogen-bond acceptors (Lipinski definition) is 3. The minimum atomic E-state index is -2.31. The molecule has 2 heterocycles. The molecule has 0 saturated heterocycles. The van der Waals surface area contributed by atoms with E-state index >= 15 is 0 Å². The standard InChI is InChI=1S/C26H19NOS/c1-17-21-16-22(20-14-8-9-15-23(20)28)27-24(18-10-4-2-5-11-18)26(21)29-25(17)19-12-6-3-7-13-19/h2-16,28H,1H3/i1D3. The van der Waals surface area contributed by atoms with E-state index in [-0.39, 0.29) is 5.75 Å². The molecule has 1 N–H and O–H groups in total. The third-order valence-corrected chi connectivity index (χ3v) is 6.20. The van der Waals surface area contributed by atoms with Gasteiger partial charge in [0.05, 0.1) is 16.1 Å². The first kappa shape index (κ1) is 14.6. The lowest BCUT2D eigenvalue weighted by Gasteiger charge is -2.09. The van der Waals surface area contributed by atoms with Crippen LogP contribution >= 0.6 is 11.3 Å². The van der Waals surface area contributed by atoms with Crippen LogP contribution in [-0.4, -0.2) is 10.1 Å². The number of hydrogen-bond donors (Lipinski definition) is 1. The third-order valence-electron chi connectivity index (χ3n) is 4.94. The number of benzene rings is 3. The topological polar surface area (TPSA) is 33.1 Å². The molecule has 3 heteroatoms. The number of aryl methyl sites for hydroxylation is 1. The highest BCUT2D eigenvalue weighted by Crippen LogP contribution is 2.44. The van der Waals surface area contributed by atoms with Crippen LogP contribution in [0.15, 0.2) is 91.0 Å². The predicted octanol–water partition coefficient (Wildman–Crippen LogP) is 7.31. The Labute approximate surface area is 178 Å². The van der Waals surface area contributed by atoms with Gasteiger partial charge in [-0.15, -0.1) is 11.3 Å². The number of rotatable bonds is 3. The summed E-state index contributed by atoms with van der Waals surface area (Å²) >= 11 is 1.45. The number of nitrogens with zero attached hydrogens (tertiary/aromatic N) is 1. The van der Waals surface area contributed by atoms with E-state index in [1.807, 2.05) is 66.7 Å². The molecule has 0 radical (unpaired) electrons. The molecule has 0 bridgehead atoms. The highest BCUT2D eigenvalue weighted by Gasteiger charge is 2.18. The van der Waals surface area contributed by atoms with Crippen LogP contribution < -0.4 is 0 Å². The van der Waals surface area contributed by atoms with Crippen molar-refractivity contribution in [1.29, 1.82) is 0 Å². The molecular weight excluding hydrogens is 374 g/mol. The van der Waals surface area contributed by atoms with Crippen molar-refractivity contribution in [2.45, 2.75) is 6.85 Å². The van der Waals surface area contributed by atoms with E-state index in [0.29, 0.717) is 32.8 Å². The zero-order valence-corrected chi connectivity index (χ0v) is 16.3. The van der Waals surface area contributed by atoms with Crippen molar-refractivity contribution in [2.24, 2.45) is 0 Å². The Morgan fingerprint density at radius 1 is 0.828 bits per heavy atom. The lowest BCUT2D eigenvalue weighted by molar-refractivity contribution is 0.477. The van der Waals surface area contributed by atoms with Gasteiger partial charge in [-0.1, -0.05) is 72.8 Å². The van der Waals surface area contributed by atoms with E-state index in [9.17, 15) is 5.11 Å². The molecule has 5 aromatic rings. The minimum absolute atomic E-state index is 0.104. The van der Waals surface area contributed by atoms with Crippen LogP contribution in [0.3, 0.4) is 0 Å². The fraction of sp³-hybridized carbons (Fsp3) is 0.0385. The Morgan fingerprint density at radius 3 is 2.17 bits per heavy atom. The third kappa shape index (κ3) is 3.10. The number of phenolic OH excluding ortho intramolecular Hbond substituents is 1. The highest BCUT2D eigenvalue weighted by atomic mass is 32.1. The van der Waals surface area contributed by atoms with Crippen molar-refractivity contribution >= 4 is 21.4 Å². The van der Waals surface area contributed by atoms with Gasteiger partial charge < -0.3 is 5.11 Å². The van der Waals surface area contributed by atoms with Crippen LogP contribution in [0.5, 0.6) is 5.75 Å². The summed E-state index contributed by atoms with van der Waals surface area (Å²) < 4.78 is 25.8. The van der Waals surface area contributed by atoms with Gasteiger partial charge in [-0.05, 0) is 36.2 Å². The Morgan fingerprint density at radius 2 is 1.48 bits per heavy atom. The van der Waals surface area contributed by atoms with Crippen LogP contribution in [0.2, 0.25) is 0 Å². The van der Waals surface area contributed by atoms with E-state index in [1.165, 1.54) is 11.3 Å². The molecule has 3 aromatic carbocycles. The lowest BCUT2D eigenvalue weighted by Crippen LogP contribution is -1.90. The van der Waals surface area contributed by atoms with E-state index in [2.05, 4.69) is 0 Å². The molecule has 140 valence electrons. The molecule has 0 unspecified atom stereocenters. The first-order valence-electron chi connectivity index (χ1n) is 10.8. The second-order valence-corrected chi connectivity index (χ2v) is 7.81. The molecule has 0 amide bonds. The van der Waals surface area contributed by atoms with E-state index in [0.717, 1.165) is 15.8 Å². The van der Waals surface area contributed by atoms with Crippen molar-refractivity contribution in [2.75, 3.05) is 0 Å². The molecule has 0 aliphatic carbocycles. The monoisotopic (exact) mass is 396 g/mol. The van der Waals surface area contributed by atoms with Gasteiger partial charge in [0.15, 0.2) is 0 Å². The molecule has 0 saturated carbocycles. The fourth-order valence-electron chi connectivity index (χ4n) is 3.51. The van der Waals surface area contributed by atoms with Gasteiger partial charge in [0.2, 0.25) is 0 Å². The fourth-order valence-corrected chi connectivity index (χ4v) is 4.71. The van der Waals surface area contributed by atoms with E-state index in [1.54, 1.807) is 24.3 Å². The molecule has 29 heavy (non-hydrogen) atoms. The van der Waals surface area contributed by atoms with Gasteiger partial charge in [-0.25, -0.2) is 4.98 Å². The number of aromatic hydroxyl groups is 1. The van der Waals surface area contributed by atoms with Gasteiger partial charge >= 0.3 is 0 Å². The quantitative estimate of drug-likeness (QED) is 0.347. The number of aromatic nitrogens is 1. The van der Waals surface area contributed by atoms with Gasteiger partial charge in [0.1, 0.15) is 5.75 Å². The molecule has 0 spiro atoms. The summed E-state index contributed by atoms with van der Waals surface area (Å²) in [6, 6.07) is 28.1. The molecule has 5 rings (SSSR count). The number of thiophene rings is 1. The lowest BCUT2D eigenvalue weighted by atomic mass is 10.0. The van der Waals surface area contributed by atoms with Gasteiger partial charge in [-0.3, -0.25) is 0 Å². The first-order chi connectivity index (χ1) is 15.4. The molecule has 0 aliphatic rings. The zero-order chi connectivity index (χ0) is 22.3. The van der Waals surface area contributed by atoms with Crippen molar-refractivity contribution in [3.05, 3.63) is 96.6 Å². The van der Waals surface area contributed by atoms with Gasteiger partial charge in [0.25, 0.3) is 0 Å². The second kappa shape index (κ2) is 7.19. The maximum absolute atomic E-state index is 10.5. The molecular formula is C26H19NOS. The second-order valence-electron chi connectivity index (χ2n) is 6.79. The number of pyridine rings is 1. The average Bonchev–Trinajstić information content (AvgIpc) is 3.20. The summed E-state index contributed by atoms with van der Waals surface area (Å²) in [7, 11) is 0. The number of para-hydroxylation sites is 1. The Hall–Kier alpha value is -3.43. The van der Waals surface area contributed by atoms with Crippen LogP contribution in [-0.2, 0) is 0 Å². The Bertz CT molecular complexity index is 1410. The van der Waals surface area contributed by atoms with Crippen LogP contribution in [0, 0.1) is 6.85 Å². The summed E-state index contributed by atoms with van der Waals surface area (Å²) in [6.45, 7) is -2.31. The maximum atomic E-state index is 10.5. The smallest absolute Gasteiger partial charge is 0.124 e. The van der Waals surface area contributed by atoms with Crippen molar-refractivity contribution in [3.63, 3.8) is 0 Å². The molecule has 0 aliphatic heterocycles. The summed E-state index contributed by atoms with van der Waals surface area (Å²) in [6.07, 6.45) is 0. The normalized spacial score (nSPS) is 13.0. The zero-order valence-electron chi connectivity index (χ0n) is 18.5. The molecule has 0 fully saturated rings. The van der Waals surface area contributed by atoms with Crippen molar-refractivity contribution in [1.82, 2.24) is 4.98 Å². The van der Waals surface area contributed by atoms with E-state index in [4.69, 9.17) is 9.10 Å². The van der Waals surface area contributed by atoms with Gasteiger partial charge in [-0.2, -0.15) is 0 Å². The van der Waals surface area contributed by atoms with Gasteiger partial charge in [0, 0.05) is 25.5 Å². The summed E-state index contributed by atoms with van der Waals surface area (Å²) in [5.74, 6) is 0.104. The summed E-state index contributed by atoms with van der Waals surface area (Å²) in [4.78, 5) is 5.62. The SMILES string of the molecule is [2H]C([2H])([2H])c1c(-c2ccccc2)sc2c(-c3ccccc3)nc(-c3ccccc3O)cc12. The van der Waals surface area contributed by atoms with Crippen molar-refractivity contribution < 1.29 is 9.22 Å². The first-order valence-corrected chi connectivity index (χ1v) is 10.1.